The highest BCUT2D eigenvalue weighted by Crippen LogP contribution is 2.43. The van der Waals surface area contributed by atoms with Crippen LogP contribution >= 0.6 is 0 Å². The summed E-state index contributed by atoms with van der Waals surface area (Å²) in [6.07, 6.45) is 5.47. The van der Waals surface area contributed by atoms with Gasteiger partial charge in [0, 0.05) is 31.4 Å². The van der Waals surface area contributed by atoms with Gasteiger partial charge in [0.2, 0.25) is 5.91 Å². The second-order valence-corrected chi connectivity index (χ2v) is 8.62. The molecule has 172 valence electrons. The molecule has 31 heavy (non-hydrogen) atoms. The van der Waals surface area contributed by atoms with E-state index in [0.717, 1.165) is 18.7 Å². The predicted octanol–water partition coefficient (Wildman–Crippen LogP) is 2.78. The number of rotatable bonds is 2. The van der Waals surface area contributed by atoms with Crippen LogP contribution in [0, 0.1) is 23.7 Å². The van der Waals surface area contributed by atoms with Gasteiger partial charge in [-0.15, -0.1) is 0 Å². The van der Waals surface area contributed by atoms with Gasteiger partial charge in [-0.25, -0.2) is 9.78 Å². The SMILES string of the molecule is O=C(O)C(F)(F)F.O=C(O)C1CN(C(=O)C2C[C@H]3CCC[C@@H](C2)C3)Cc2nccn2C1. The molecule has 4 atom stereocenters. The van der Waals surface area contributed by atoms with E-state index >= 15 is 0 Å². The van der Waals surface area contributed by atoms with Crippen LogP contribution in [-0.2, 0) is 27.5 Å². The number of alkyl halides is 3. The Morgan fingerprint density at radius 2 is 1.61 bits per heavy atom. The van der Waals surface area contributed by atoms with Crippen molar-refractivity contribution in [1.29, 1.82) is 0 Å². The Balaban J connectivity index is 0.000000339. The van der Waals surface area contributed by atoms with Crippen LogP contribution in [-0.4, -0.2) is 55.2 Å². The number of aliphatic carboxylic acids is 2. The zero-order chi connectivity index (χ0) is 22.8. The second-order valence-electron chi connectivity index (χ2n) is 8.62. The van der Waals surface area contributed by atoms with E-state index in [1.807, 2.05) is 10.8 Å². The number of nitrogens with zero attached hydrogens (tertiary/aromatic N) is 3. The number of halogens is 3. The summed E-state index contributed by atoms with van der Waals surface area (Å²) in [7, 11) is 0. The van der Waals surface area contributed by atoms with Crippen molar-refractivity contribution in [2.45, 2.75) is 57.8 Å². The van der Waals surface area contributed by atoms with E-state index in [1.54, 1.807) is 11.1 Å². The molecule has 1 aromatic heterocycles. The fourth-order valence-electron chi connectivity index (χ4n) is 4.97. The Hall–Kier alpha value is -2.59. The molecule has 0 saturated heterocycles. The van der Waals surface area contributed by atoms with Crippen LogP contribution in [0.25, 0.3) is 0 Å². The molecule has 2 bridgehead atoms. The Bertz CT molecular complexity index is 813. The summed E-state index contributed by atoms with van der Waals surface area (Å²) in [5.41, 5.74) is 0. The molecule has 2 aliphatic carbocycles. The molecule has 2 unspecified atom stereocenters. The summed E-state index contributed by atoms with van der Waals surface area (Å²) in [4.78, 5) is 39.7. The number of carboxylic acid groups (broad SMARTS) is 2. The van der Waals surface area contributed by atoms with Crippen molar-refractivity contribution in [3.8, 4) is 0 Å². The fraction of sp³-hybridized carbons (Fsp3) is 0.700. The number of hydrogen-bond donors (Lipinski definition) is 2. The highest BCUT2D eigenvalue weighted by Gasteiger charge is 2.39. The number of carbonyl (C=O) groups excluding carboxylic acids is 1. The first-order chi connectivity index (χ1) is 14.5. The van der Waals surface area contributed by atoms with Crippen LogP contribution in [0.15, 0.2) is 12.4 Å². The maximum Gasteiger partial charge on any atom is 0.490 e. The quantitative estimate of drug-likeness (QED) is 0.724. The van der Waals surface area contributed by atoms with Gasteiger partial charge in [0.05, 0.1) is 12.5 Å². The van der Waals surface area contributed by atoms with Gasteiger partial charge in [-0.1, -0.05) is 19.3 Å². The molecule has 1 aliphatic heterocycles. The van der Waals surface area contributed by atoms with Gasteiger partial charge in [0.25, 0.3) is 0 Å². The second kappa shape index (κ2) is 9.27. The molecule has 0 aromatic carbocycles. The van der Waals surface area contributed by atoms with E-state index in [9.17, 15) is 27.9 Å². The topological polar surface area (TPSA) is 113 Å². The van der Waals surface area contributed by atoms with Crippen molar-refractivity contribution in [2.75, 3.05) is 6.54 Å². The minimum Gasteiger partial charge on any atom is -0.481 e. The largest absolute Gasteiger partial charge is 0.490 e. The molecule has 1 aromatic rings. The Morgan fingerprint density at radius 1 is 1.00 bits per heavy atom. The third kappa shape index (κ3) is 5.76. The van der Waals surface area contributed by atoms with Gasteiger partial charge in [-0.3, -0.25) is 9.59 Å². The molecule has 3 aliphatic rings. The third-order valence-corrected chi connectivity index (χ3v) is 6.37. The molecular formula is C20H26F3N3O5. The first-order valence-electron chi connectivity index (χ1n) is 10.4. The van der Waals surface area contributed by atoms with Gasteiger partial charge in [-0.2, -0.15) is 13.2 Å². The molecular weight excluding hydrogens is 419 g/mol. The number of fused-ring (bicyclic) bond motifs is 3. The number of carboxylic acids is 2. The lowest BCUT2D eigenvalue weighted by Gasteiger charge is -2.40. The predicted molar refractivity (Wildman–Crippen MR) is 101 cm³/mol. The molecule has 4 rings (SSSR count). The zero-order valence-corrected chi connectivity index (χ0v) is 16.9. The van der Waals surface area contributed by atoms with E-state index < -0.39 is 24.0 Å². The number of imidazole rings is 1. The summed E-state index contributed by atoms with van der Waals surface area (Å²) in [5, 5.41) is 16.6. The standard InChI is InChI=1S/C18H25N3O3.C2HF3O2/c22-17(14-7-12-2-1-3-13(6-12)8-14)21-10-15(18(23)24)9-20-5-4-19-16(20)11-21;3-2(4,5)1(6)7/h4-5,12-15H,1-3,6-11H2,(H,23,24);(H,6,7)/t12-,13+,14?,15?;. The van der Waals surface area contributed by atoms with Crippen LogP contribution in [0.1, 0.15) is 44.3 Å². The van der Waals surface area contributed by atoms with E-state index in [-0.39, 0.29) is 11.8 Å². The number of aromatic nitrogens is 2. The number of amides is 1. The van der Waals surface area contributed by atoms with Crippen molar-refractivity contribution >= 4 is 17.8 Å². The van der Waals surface area contributed by atoms with Crippen LogP contribution in [0.3, 0.4) is 0 Å². The minimum absolute atomic E-state index is 0.0741. The average Bonchev–Trinajstić information content (AvgIpc) is 3.03. The minimum atomic E-state index is -5.08. The summed E-state index contributed by atoms with van der Waals surface area (Å²) in [5.74, 6) is -1.76. The number of hydrogen-bond acceptors (Lipinski definition) is 4. The maximum atomic E-state index is 13.1. The van der Waals surface area contributed by atoms with Crippen molar-refractivity contribution in [1.82, 2.24) is 14.5 Å². The third-order valence-electron chi connectivity index (χ3n) is 6.37. The van der Waals surface area contributed by atoms with Crippen molar-refractivity contribution in [3.63, 3.8) is 0 Å². The molecule has 0 spiro atoms. The van der Waals surface area contributed by atoms with Crippen LogP contribution in [0.5, 0.6) is 0 Å². The maximum absolute atomic E-state index is 13.1. The lowest BCUT2D eigenvalue weighted by molar-refractivity contribution is -0.192. The molecule has 11 heteroatoms. The average molecular weight is 445 g/mol. The van der Waals surface area contributed by atoms with Gasteiger partial charge in [0.1, 0.15) is 5.82 Å². The zero-order valence-electron chi connectivity index (χ0n) is 16.9. The number of carbonyl (C=O) groups is 3. The van der Waals surface area contributed by atoms with E-state index in [0.29, 0.717) is 31.5 Å². The molecule has 0 radical (unpaired) electrons. The molecule has 2 fully saturated rings. The summed E-state index contributed by atoms with van der Waals surface area (Å²) in [6, 6.07) is 0. The highest BCUT2D eigenvalue weighted by molar-refractivity contribution is 5.80. The Morgan fingerprint density at radius 3 is 2.16 bits per heavy atom. The summed E-state index contributed by atoms with van der Waals surface area (Å²) >= 11 is 0. The molecule has 2 saturated carbocycles. The van der Waals surface area contributed by atoms with E-state index in [1.165, 1.54) is 25.7 Å². The first kappa shape index (κ1) is 23.1. The van der Waals surface area contributed by atoms with Crippen molar-refractivity contribution < 1.29 is 37.8 Å². The fourth-order valence-corrected chi connectivity index (χ4v) is 4.97. The van der Waals surface area contributed by atoms with Gasteiger partial charge in [-0.05, 0) is 31.1 Å². The Kier molecular flexibility index (Phi) is 6.90. The van der Waals surface area contributed by atoms with Crippen molar-refractivity contribution in [3.05, 3.63) is 18.2 Å². The molecule has 8 nitrogen and oxygen atoms in total. The monoisotopic (exact) mass is 445 g/mol. The summed E-state index contributed by atoms with van der Waals surface area (Å²) in [6.45, 7) is 1.12. The first-order valence-corrected chi connectivity index (χ1v) is 10.4. The molecule has 2 heterocycles. The van der Waals surface area contributed by atoms with Gasteiger partial charge < -0.3 is 19.7 Å². The molecule has 1 amide bonds. The van der Waals surface area contributed by atoms with Crippen molar-refractivity contribution in [2.24, 2.45) is 23.7 Å². The van der Waals surface area contributed by atoms with E-state index in [4.69, 9.17) is 9.90 Å². The van der Waals surface area contributed by atoms with Gasteiger partial charge in [0.15, 0.2) is 0 Å². The Labute approximate surface area is 177 Å². The highest BCUT2D eigenvalue weighted by atomic mass is 19.4. The lowest BCUT2D eigenvalue weighted by atomic mass is 9.68. The van der Waals surface area contributed by atoms with Gasteiger partial charge >= 0.3 is 18.1 Å². The van der Waals surface area contributed by atoms with E-state index in [2.05, 4.69) is 4.98 Å². The molecule has 2 N–H and O–H groups in total. The van der Waals surface area contributed by atoms with Crippen LogP contribution in [0.2, 0.25) is 0 Å². The van der Waals surface area contributed by atoms with Crippen LogP contribution < -0.4 is 0 Å². The smallest absolute Gasteiger partial charge is 0.481 e. The summed E-state index contributed by atoms with van der Waals surface area (Å²) < 4.78 is 33.6. The lowest BCUT2D eigenvalue weighted by Crippen LogP contribution is -2.43. The van der Waals surface area contributed by atoms with Crippen LogP contribution in [0.4, 0.5) is 13.2 Å². The normalized spacial score (nSPS) is 27.9.